The van der Waals surface area contributed by atoms with E-state index in [4.69, 9.17) is 0 Å². The van der Waals surface area contributed by atoms with Gasteiger partial charge in [0.15, 0.2) is 0 Å². The van der Waals surface area contributed by atoms with Crippen LogP contribution in [0, 0.1) is 0 Å². The van der Waals surface area contributed by atoms with Crippen molar-refractivity contribution >= 4 is 16.7 Å². The molecule has 3 rings (SSSR count). The summed E-state index contributed by atoms with van der Waals surface area (Å²) in [5.74, 6) is 0.232. The Bertz CT molecular complexity index is 786. The minimum Gasteiger partial charge on any atom is -0.347 e. The number of aromatic nitrogens is 1. The van der Waals surface area contributed by atoms with Crippen molar-refractivity contribution in [1.29, 1.82) is 0 Å². The maximum Gasteiger partial charge on any atom is 0.141 e. The van der Waals surface area contributed by atoms with Crippen LogP contribution in [0.3, 0.4) is 0 Å². The monoisotopic (exact) mass is 291 g/mol. The van der Waals surface area contributed by atoms with E-state index in [1.54, 1.807) is 0 Å². The fraction of sp³-hybridized carbons (Fsp3) is 0.250. The predicted octanol–water partition coefficient (Wildman–Crippen LogP) is 4.48. The second-order valence-corrected chi connectivity index (χ2v) is 5.86. The molecule has 0 bridgehead atoms. The van der Waals surface area contributed by atoms with Gasteiger partial charge < -0.3 is 4.57 Å². The van der Waals surface area contributed by atoms with E-state index in [0.717, 1.165) is 12.1 Å². The zero-order chi connectivity index (χ0) is 15.5. The van der Waals surface area contributed by atoms with Crippen LogP contribution in [0.25, 0.3) is 10.9 Å². The third kappa shape index (κ3) is 2.82. The lowest BCUT2D eigenvalue weighted by Gasteiger charge is -2.12. The van der Waals surface area contributed by atoms with Crippen LogP contribution in [0.5, 0.6) is 0 Å². The van der Waals surface area contributed by atoms with E-state index < -0.39 is 0 Å². The molecule has 22 heavy (non-hydrogen) atoms. The number of hydrogen-bond acceptors (Lipinski definition) is 1. The van der Waals surface area contributed by atoms with Gasteiger partial charge in [-0.05, 0) is 36.4 Å². The molecule has 1 aromatic heterocycles. The van der Waals surface area contributed by atoms with Gasteiger partial charge in [0, 0.05) is 24.7 Å². The Kier molecular flexibility index (Phi) is 4.10. The molecule has 0 aliphatic rings. The summed E-state index contributed by atoms with van der Waals surface area (Å²) < 4.78 is 2.14. The summed E-state index contributed by atoms with van der Waals surface area (Å²) in [5.41, 5.74) is 3.50. The highest BCUT2D eigenvalue weighted by Crippen LogP contribution is 2.26. The van der Waals surface area contributed by atoms with Gasteiger partial charge in [-0.2, -0.15) is 0 Å². The van der Waals surface area contributed by atoms with Gasteiger partial charge in [0.2, 0.25) is 0 Å². The van der Waals surface area contributed by atoms with E-state index in [1.807, 2.05) is 44.3 Å². The molecule has 3 aromatic rings. The first kappa shape index (κ1) is 14.6. The lowest BCUT2D eigenvalue weighted by Crippen LogP contribution is -2.13. The predicted molar refractivity (Wildman–Crippen MR) is 91.1 cm³/mol. The molecule has 112 valence electrons. The summed E-state index contributed by atoms with van der Waals surface area (Å²) in [4.78, 5) is 12.5. The maximum absolute atomic E-state index is 12.5. The summed E-state index contributed by atoms with van der Waals surface area (Å²) in [7, 11) is 2.04. The SMILES string of the molecule is C[C@H](C(=O)CCc1ccccc1)c1cc2ccccc2n1C. The number of Topliss-reactive ketones (excluding diaryl/α,β-unsaturated/α-hetero) is 1. The van der Waals surface area contributed by atoms with Crippen molar-refractivity contribution in [3.05, 3.63) is 71.9 Å². The van der Waals surface area contributed by atoms with Gasteiger partial charge in [0.05, 0.1) is 5.92 Å². The molecule has 0 aliphatic carbocycles. The molecule has 2 nitrogen and oxygen atoms in total. The van der Waals surface area contributed by atoms with Crippen molar-refractivity contribution in [3.8, 4) is 0 Å². The molecule has 2 heteroatoms. The summed E-state index contributed by atoms with van der Waals surface area (Å²) in [6.07, 6.45) is 1.40. The fourth-order valence-electron chi connectivity index (χ4n) is 3.02. The van der Waals surface area contributed by atoms with E-state index in [2.05, 4.69) is 34.9 Å². The summed E-state index contributed by atoms with van der Waals surface area (Å²) in [6, 6.07) is 20.6. The third-order valence-electron chi connectivity index (χ3n) is 4.42. The molecule has 0 spiro atoms. The number of carbonyl (C=O) groups is 1. The van der Waals surface area contributed by atoms with Crippen LogP contribution in [0.1, 0.15) is 30.5 Å². The number of aryl methyl sites for hydroxylation is 2. The zero-order valence-corrected chi connectivity index (χ0v) is 13.1. The number of carbonyl (C=O) groups excluding carboxylic acids is 1. The second kappa shape index (κ2) is 6.18. The van der Waals surface area contributed by atoms with Gasteiger partial charge >= 0.3 is 0 Å². The van der Waals surface area contributed by atoms with Gasteiger partial charge in [-0.25, -0.2) is 0 Å². The normalized spacial score (nSPS) is 12.5. The standard InChI is InChI=1S/C20H21NO/c1-15(20(22)13-12-16-8-4-3-5-9-16)19-14-17-10-6-7-11-18(17)21(19)2/h3-11,14-15H,12-13H2,1-2H3/t15-/m0/s1. The van der Waals surface area contributed by atoms with Crippen LogP contribution in [-0.2, 0) is 18.3 Å². The third-order valence-corrected chi connectivity index (χ3v) is 4.42. The van der Waals surface area contributed by atoms with Crippen LogP contribution in [0.4, 0.5) is 0 Å². The number of fused-ring (bicyclic) bond motifs is 1. The Morgan fingerprint density at radius 1 is 1.05 bits per heavy atom. The van der Waals surface area contributed by atoms with Crippen LogP contribution >= 0.6 is 0 Å². The first-order chi connectivity index (χ1) is 10.7. The van der Waals surface area contributed by atoms with Crippen LogP contribution in [-0.4, -0.2) is 10.4 Å². The van der Waals surface area contributed by atoms with Crippen molar-refractivity contribution < 1.29 is 4.79 Å². The van der Waals surface area contributed by atoms with Gasteiger partial charge in [0.1, 0.15) is 5.78 Å². The van der Waals surface area contributed by atoms with E-state index in [0.29, 0.717) is 12.2 Å². The number of rotatable bonds is 5. The van der Waals surface area contributed by atoms with Crippen molar-refractivity contribution in [2.24, 2.45) is 7.05 Å². The average molecular weight is 291 g/mol. The van der Waals surface area contributed by atoms with E-state index >= 15 is 0 Å². The van der Waals surface area contributed by atoms with Gasteiger partial charge in [0.25, 0.3) is 0 Å². The van der Waals surface area contributed by atoms with Crippen LogP contribution < -0.4 is 0 Å². The Balaban J connectivity index is 1.76. The molecule has 0 aliphatic heterocycles. The molecule has 1 heterocycles. The molecule has 0 unspecified atom stereocenters. The minimum atomic E-state index is -0.0684. The lowest BCUT2D eigenvalue weighted by atomic mass is 9.96. The maximum atomic E-state index is 12.5. The summed E-state index contributed by atoms with van der Waals surface area (Å²) >= 11 is 0. The Morgan fingerprint density at radius 3 is 2.45 bits per heavy atom. The first-order valence-electron chi connectivity index (χ1n) is 7.78. The summed E-state index contributed by atoms with van der Waals surface area (Å²) in [6.45, 7) is 2.02. The number of nitrogens with zero attached hydrogens (tertiary/aromatic N) is 1. The number of para-hydroxylation sites is 1. The average Bonchev–Trinajstić information content (AvgIpc) is 2.90. The molecule has 0 fully saturated rings. The highest BCUT2D eigenvalue weighted by Gasteiger charge is 2.19. The smallest absolute Gasteiger partial charge is 0.141 e. The van der Waals surface area contributed by atoms with Gasteiger partial charge in [-0.1, -0.05) is 48.5 Å². The Hall–Kier alpha value is -2.35. The van der Waals surface area contributed by atoms with Crippen molar-refractivity contribution in [3.63, 3.8) is 0 Å². The molecular formula is C20H21NO. The van der Waals surface area contributed by atoms with Crippen molar-refractivity contribution in [2.75, 3.05) is 0 Å². The Labute approximate surface area is 131 Å². The topological polar surface area (TPSA) is 22.0 Å². The lowest BCUT2D eigenvalue weighted by molar-refractivity contribution is -0.120. The van der Waals surface area contributed by atoms with Crippen molar-refractivity contribution in [1.82, 2.24) is 4.57 Å². The first-order valence-corrected chi connectivity index (χ1v) is 7.78. The summed E-state index contributed by atoms with van der Waals surface area (Å²) in [5, 5.41) is 1.20. The number of benzene rings is 2. The molecule has 2 aromatic carbocycles. The van der Waals surface area contributed by atoms with Crippen LogP contribution in [0.2, 0.25) is 0 Å². The number of hydrogen-bond donors (Lipinski definition) is 0. The minimum absolute atomic E-state index is 0.0684. The fourth-order valence-corrected chi connectivity index (χ4v) is 3.02. The van der Waals surface area contributed by atoms with E-state index in [9.17, 15) is 4.79 Å². The molecule has 0 radical (unpaired) electrons. The Morgan fingerprint density at radius 2 is 1.73 bits per heavy atom. The molecule has 0 saturated carbocycles. The molecular weight excluding hydrogens is 270 g/mol. The molecule has 0 N–H and O–H groups in total. The van der Waals surface area contributed by atoms with E-state index in [-0.39, 0.29) is 5.92 Å². The highest BCUT2D eigenvalue weighted by atomic mass is 16.1. The van der Waals surface area contributed by atoms with Gasteiger partial charge in [-0.3, -0.25) is 4.79 Å². The number of ketones is 1. The van der Waals surface area contributed by atoms with Crippen molar-refractivity contribution in [2.45, 2.75) is 25.7 Å². The molecule has 1 atom stereocenters. The quantitative estimate of drug-likeness (QED) is 0.679. The molecule has 0 saturated heterocycles. The molecule has 0 amide bonds. The van der Waals surface area contributed by atoms with Crippen LogP contribution in [0.15, 0.2) is 60.7 Å². The zero-order valence-electron chi connectivity index (χ0n) is 13.1. The van der Waals surface area contributed by atoms with Gasteiger partial charge in [-0.15, -0.1) is 0 Å². The highest BCUT2D eigenvalue weighted by molar-refractivity contribution is 5.88. The largest absolute Gasteiger partial charge is 0.347 e. The van der Waals surface area contributed by atoms with E-state index in [1.165, 1.54) is 16.5 Å². The second-order valence-electron chi connectivity index (χ2n) is 5.86.